The van der Waals surface area contributed by atoms with Crippen molar-refractivity contribution >= 4 is 29.1 Å². The molecule has 0 saturated heterocycles. The summed E-state index contributed by atoms with van der Waals surface area (Å²) in [5, 5.41) is 0.758. The van der Waals surface area contributed by atoms with Gasteiger partial charge in [0.25, 0.3) is 0 Å². The third-order valence-electron chi connectivity index (χ3n) is 2.00. The van der Waals surface area contributed by atoms with E-state index in [4.69, 9.17) is 17.3 Å². The van der Waals surface area contributed by atoms with Gasteiger partial charge < -0.3 is 5.73 Å². The molecule has 0 aromatic heterocycles. The molecule has 1 nitrogen and oxygen atoms in total. The maximum absolute atomic E-state index is 5.89. The predicted octanol–water partition coefficient (Wildman–Crippen LogP) is 2.96. The second-order valence-electron chi connectivity index (χ2n) is 2.94. The fourth-order valence-corrected chi connectivity index (χ4v) is 2.79. The minimum absolute atomic E-state index is 0.758. The molecule has 2 rings (SSSR count). The van der Waals surface area contributed by atoms with Crippen LogP contribution in [0.25, 0.3) is 0 Å². The quantitative estimate of drug-likeness (QED) is 0.651. The first-order valence-corrected chi connectivity index (χ1v) is 5.34. The number of anilines is 1. The number of thioether (sulfide) groups is 1. The molecule has 1 heterocycles. The minimum atomic E-state index is 0.758. The highest BCUT2D eigenvalue weighted by Gasteiger charge is 2.12. The number of fused-ring (bicyclic) bond motifs is 1. The van der Waals surface area contributed by atoms with Gasteiger partial charge in [-0.25, -0.2) is 0 Å². The Hall–Kier alpha value is -0.340. The molecule has 1 aromatic rings. The van der Waals surface area contributed by atoms with Crippen LogP contribution < -0.4 is 5.73 Å². The Labute approximate surface area is 81.3 Å². The maximum Gasteiger partial charge on any atom is 0.0469 e. The van der Waals surface area contributed by atoms with E-state index < -0.39 is 0 Å². The Balaban J connectivity index is 2.53. The van der Waals surface area contributed by atoms with E-state index in [0.717, 1.165) is 17.1 Å². The molecule has 1 aliphatic rings. The molecular formula is C9H10ClNS. The predicted molar refractivity (Wildman–Crippen MR) is 54.9 cm³/mol. The van der Waals surface area contributed by atoms with E-state index in [9.17, 15) is 0 Å². The Morgan fingerprint density at radius 1 is 1.42 bits per heavy atom. The summed E-state index contributed by atoms with van der Waals surface area (Å²) in [5.74, 6) is 1.18. The number of nitrogen functional groups attached to an aromatic ring is 1. The average Bonchev–Trinajstić information content (AvgIpc) is 2.04. The van der Waals surface area contributed by atoms with Crippen LogP contribution in [0, 0.1) is 0 Å². The van der Waals surface area contributed by atoms with Crippen molar-refractivity contribution in [2.24, 2.45) is 0 Å². The van der Waals surface area contributed by atoms with E-state index in [-0.39, 0.29) is 0 Å². The van der Waals surface area contributed by atoms with Crippen molar-refractivity contribution in [1.29, 1.82) is 0 Å². The summed E-state index contributed by atoms with van der Waals surface area (Å²) in [6, 6.07) is 3.86. The van der Waals surface area contributed by atoms with Gasteiger partial charge in [0.05, 0.1) is 0 Å². The zero-order valence-corrected chi connectivity index (χ0v) is 8.21. The molecule has 64 valence electrons. The van der Waals surface area contributed by atoms with Crippen LogP contribution in [0.15, 0.2) is 17.0 Å². The second kappa shape index (κ2) is 3.19. The number of rotatable bonds is 0. The maximum atomic E-state index is 5.89. The molecule has 0 radical (unpaired) electrons. The van der Waals surface area contributed by atoms with Crippen LogP contribution in [0.5, 0.6) is 0 Å². The first-order chi connectivity index (χ1) is 5.77. The Kier molecular flexibility index (Phi) is 2.20. The monoisotopic (exact) mass is 199 g/mol. The molecule has 0 amide bonds. The molecule has 0 aliphatic carbocycles. The minimum Gasteiger partial charge on any atom is -0.398 e. The van der Waals surface area contributed by atoms with Crippen LogP contribution in [-0.2, 0) is 6.42 Å². The van der Waals surface area contributed by atoms with Gasteiger partial charge in [-0.2, -0.15) is 0 Å². The third-order valence-corrected chi connectivity index (χ3v) is 3.49. The lowest BCUT2D eigenvalue weighted by atomic mass is 10.1. The van der Waals surface area contributed by atoms with Crippen LogP contribution in [0.4, 0.5) is 5.69 Å². The fraction of sp³-hybridized carbons (Fsp3) is 0.333. The molecule has 0 atom stereocenters. The van der Waals surface area contributed by atoms with Crippen molar-refractivity contribution in [1.82, 2.24) is 0 Å². The van der Waals surface area contributed by atoms with Crippen LogP contribution in [-0.4, -0.2) is 5.75 Å². The number of hydrogen-bond donors (Lipinski definition) is 1. The summed E-state index contributed by atoms with van der Waals surface area (Å²) in [6.07, 6.45) is 2.35. The van der Waals surface area contributed by atoms with E-state index in [1.165, 1.54) is 22.6 Å². The lowest BCUT2D eigenvalue weighted by molar-refractivity contribution is 0.892. The first-order valence-electron chi connectivity index (χ1n) is 3.98. The molecule has 12 heavy (non-hydrogen) atoms. The van der Waals surface area contributed by atoms with E-state index in [1.54, 1.807) is 0 Å². The van der Waals surface area contributed by atoms with Gasteiger partial charge >= 0.3 is 0 Å². The van der Waals surface area contributed by atoms with E-state index in [1.807, 2.05) is 23.9 Å². The number of hydrogen-bond acceptors (Lipinski definition) is 2. The van der Waals surface area contributed by atoms with Gasteiger partial charge in [-0.3, -0.25) is 0 Å². The van der Waals surface area contributed by atoms with Crippen molar-refractivity contribution in [2.75, 3.05) is 11.5 Å². The Morgan fingerprint density at radius 2 is 2.25 bits per heavy atom. The molecule has 3 heteroatoms. The highest BCUT2D eigenvalue weighted by atomic mass is 35.5. The SMILES string of the molecule is Nc1cc(Cl)cc2c1SCCC2. The van der Waals surface area contributed by atoms with Crippen molar-refractivity contribution in [3.05, 3.63) is 22.7 Å². The fourth-order valence-electron chi connectivity index (χ4n) is 1.47. The standard InChI is InChI=1S/C9H10ClNS/c10-7-4-6-2-1-3-12-9(6)8(11)5-7/h4-5H,1-3,11H2. The summed E-state index contributed by atoms with van der Waals surface area (Å²) in [4.78, 5) is 1.24. The summed E-state index contributed by atoms with van der Waals surface area (Å²) in [7, 11) is 0. The van der Waals surface area contributed by atoms with Crippen LogP contribution in [0.1, 0.15) is 12.0 Å². The van der Waals surface area contributed by atoms with Gasteiger partial charge in [0, 0.05) is 15.6 Å². The van der Waals surface area contributed by atoms with Gasteiger partial charge in [0.2, 0.25) is 0 Å². The summed E-state index contributed by atoms with van der Waals surface area (Å²) >= 11 is 7.73. The largest absolute Gasteiger partial charge is 0.398 e. The molecular weight excluding hydrogens is 190 g/mol. The van der Waals surface area contributed by atoms with Gasteiger partial charge in [-0.1, -0.05) is 11.6 Å². The van der Waals surface area contributed by atoms with E-state index in [0.29, 0.717) is 0 Å². The molecule has 0 unspecified atom stereocenters. The molecule has 0 spiro atoms. The number of halogens is 1. The number of aryl methyl sites for hydroxylation is 1. The van der Waals surface area contributed by atoms with Crippen LogP contribution in [0.3, 0.4) is 0 Å². The lowest BCUT2D eigenvalue weighted by Crippen LogP contribution is -2.01. The number of nitrogens with two attached hydrogens (primary N) is 1. The molecule has 2 N–H and O–H groups in total. The summed E-state index contributed by atoms with van der Waals surface area (Å²) in [5.41, 5.74) is 7.99. The topological polar surface area (TPSA) is 26.0 Å². The molecule has 1 aromatic carbocycles. The van der Waals surface area contributed by atoms with Gasteiger partial charge in [0.1, 0.15) is 0 Å². The third kappa shape index (κ3) is 1.41. The average molecular weight is 200 g/mol. The van der Waals surface area contributed by atoms with Gasteiger partial charge in [-0.15, -0.1) is 11.8 Å². The lowest BCUT2D eigenvalue weighted by Gasteiger charge is -2.16. The van der Waals surface area contributed by atoms with Crippen molar-refractivity contribution < 1.29 is 0 Å². The molecule has 0 saturated carbocycles. The van der Waals surface area contributed by atoms with E-state index in [2.05, 4.69) is 0 Å². The normalized spacial score (nSPS) is 15.8. The Bertz CT molecular complexity index is 312. The Morgan fingerprint density at radius 3 is 3.08 bits per heavy atom. The van der Waals surface area contributed by atoms with Crippen molar-refractivity contribution in [3.63, 3.8) is 0 Å². The van der Waals surface area contributed by atoms with Crippen LogP contribution in [0.2, 0.25) is 5.02 Å². The van der Waals surface area contributed by atoms with Crippen LogP contribution >= 0.6 is 23.4 Å². The second-order valence-corrected chi connectivity index (χ2v) is 4.48. The molecule has 0 bridgehead atoms. The van der Waals surface area contributed by atoms with Gasteiger partial charge in [0.15, 0.2) is 0 Å². The number of benzene rings is 1. The zero-order chi connectivity index (χ0) is 8.55. The van der Waals surface area contributed by atoms with E-state index >= 15 is 0 Å². The smallest absolute Gasteiger partial charge is 0.0469 e. The summed E-state index contributed by atoms with van der Waals surface area (Å²) < 4.78 is 0. The summed E-state index contributed by atoms with van der Waals surface area (Å²) in [6.45, 7) is 0. The zero-order valence-electron chi connectivity index (χ0n) is 6.64. The molecule has 0 fully saturated rings. The highest BCUT2D eigenvalue weighted by Crippen LogP contribution is 2.36. The van der Waals surface area contributed by atoms with Gasteiger partial charge in [-0.05, 0) is 36.3 Å². The van der Waals surface area contributed by atoms with Crippen molar-refractivity contribution in [3.8, 4) is 0 Å². The van der Waals surface area contributed by atoms with Crippen molar-refractivity contribution in [2.45, 2.75) is 17.7 Å². The highest BCUT2D eigenvalue weighted by molar-refractivity contribution is 7.99. The first kappa shape index (κ1) is 8.27. The molecule has 1 aliphatic heterocycles.